The summed E-state index contributed by atoms with van der Waals surface area (Å²) in [4.78, 5) is 0. The van der Waals surface area contributed by atoms with E-state index >= 15 is 0 Å². The molecule has 5 heteroatoms. The van der Waals surface area contributed by atoms with Gasteiger partial charge in [-0.15, -0.1) is 0 Å². The second-order valence-corrected chi connectivity index (χ2v) is 4.67. The van der Waals surface area contributed by atoms with Crippen molar-refractivity contribution in [1.82, 2.24) is 0 Å². The van der Waals surface area contributed by atoms with E-state index in [2.05, 4.69) is 0 Å². The first-order valence-corrected chi connectivity index (χ1v) is 5.45. The normalized spacial score (nSPS) is 20.5. The summed E-state index contributed by atoms with van der Waals surface area (Å²) in [5, 5.41) is 10.0. The lowest BCUT2D eigenvalue weighted by Crippen LogP contribution is -2.16. The van der Waals surface area contributed by atoms with E-state index in [4.69, 9.17) is 9.47 Å². The summed E-state index contributed by atoms with van der Waals surface area (Å²) in [7, 11) is 0. The summed E-state index contributed by atoms with van der Waals surface area (Å²) in [6.07, 6.45) is 1.02. The van der Waals surface area contributed by atoms with Gasteiger partial charge in [-0.25, -0.2) is 8.78 Å². The van der Waals surface area contributed by atoms with Crippen molar-refractivity contribution in [1.29, 1.82) is 0 Å². The van der Waals surface area contributed by atoms with Gasteiger partial charge in [0.1, 0.15) is 0 Å². The molecule has 2 aliphatic rings. The highest BCUT2D eigenvalue weighted by Crippen LogP contribution is 2.52. The minimum atomic E-state index is -3.01. The van der Waals surface area contributed by atoms with Crippen LogP contribution in [0.2, 0.25) is 0 Å². The molecule has 1 fully saturated rings. The van der Waals surface area contributed by atoms with Gasteiger partial charge in [0.05, 0.1) is 5.60 Å². The summed E-state index contributed by atoms with van der Waals surface area (Å²) in [5.41, 5.74) is -1.04. The van der Waals surface area contributed by atoms with Gasteiger partial charge in [-0.1, -0.05) is 0 Å². The van der Waals surface area contributed by atoms with Gasteiger partial charge in [-0.05, 0) is 30.5 Å². The van der Waals surface area contributed by atoms with E-state index in [9.17, 15) is 13.9 Å². The maximum atomic E-state index is 13.5. The van der Waals surface area contributed by atoms with Crippen molar-refractivity contribution in [3.63, 3.8) is 0 Å². The summed E-state index contributed by atoms with van der Waals surface area (Å²) in [6.45, 7) is 0.853. The van der Waals surface area contributed by atoms with Crippen LogP contribution in [0.5, 0.6) is 11.5 Å². The Morgan fingerprint density at radius 2 is 1.82 bits per heavy atom. The van der Waals surface area contributed by atoms with Gasteiger partial charge >= 0.3 is 0 Å². The number of hydrogen-bond acceptors (Lipinski definition) is 3. The van der Waals surface area contributed by atoms with E-state index in [0.717, 1.165) is 6.92 Å². The van der Waals surface area contributed by atoms with Gasteiger partial charge in [-0.2, -0.15) is 0 Å². The first kappa shape index (κ1) is 10.8. The molecule has 17 heavy (non-hydrogen) atoms. The molecule has 1 aliphatic carbocycles. The number of ether oxygens (including phenoxy) is 2. The van der Waals surface area contributed by atoms with E-state index in [0.29, 0.717) is 24.3 Å². The fourth-order valence-electron chi connectivity index (χ4n) is 2.08. The van der Waals surface area contributed by atoms with Gasteiger partial charge in [0.2, 0.25) is 6.79 Å². The van der Waals surface area contributed by atoms with Gasteiger partial charge < -0.3 is 14.6 Å². The van der Waals surface area contributed by atoms with Crippen LogP contribution < -0.4 is 9.47 Å². The Bertz CT molecular complexity index is 443. The molecule has 3 nitrogen and oxygen atoms in total. The zero-order valence-corrected chi connectivity index (χ0v) is 9.30. The van der Waals surface area contributed by atoms with Crippen LogP contribution in [-0.2, 0) is 11.5 Å². The topological polar surface area (TPSA) is 38.7 Å². The Hall–Kier alpha value is -1.36. The lowest BCUT2D eigenvalue weighted by atomic mass is 9.96. The van der Waals surface area contributed by atoms with Gasteiger partial charge in [0.25, 0.3) is 5.92 Å². The van der Waals surface area contributed by atoms with Gasteiger partial charge in [-0.3, -0.25) is 0 Å². The van der Waals surface area contributed by atoms with Crippen LogP contribution in [0, 0.1) is 0 Å². The van der Waals surface area contributed by atoms with Crippen molar-refractivity contribution in [3.05, 3.63) is 23.3 Å². The van der Waals surface area contributed by atoms with Crippen molar-refractivity contribution in [3.8, 4) is 11.5 Å². The Kier molecular flexibility index (Phi) is 1.96. The zero-order valence-electron chi connectivity index (χ0n) is 9.30. The van der Waals surface area contributed by atoms with Gasteiger partial charge in [0.15, 0.2) is 11.5 Å². The summed E-state index contributed by atoms with van der Waals surface area (Å²) in [6, 6.07) is 2.75. The molecule has 1 heterocycles. The molecular formula is C12H12F2O3. The molecule has 0 spiro atoms. The first-order valence-electron chi connectivity index (χ1n) is 5.45. The molecule has 1 saturated carbocycles. The lowest BCUT2D eigenvalue weighted by molar-refractivity contribution is 0.0124. The van der Waals surface area contributed by atoms with E-state index in [-0.39, 0.29) is 17.9 Å². The summed E-state index contributed by atoms with van der Waals surface area (Å²) < 4.78 is 37.3. The molecule has 3 rings (SSSR count). The molecule has 1 aromatic rings. The maximum Gasteiger partial charge on any atom is 0.271 e. The molecule has 0 aromatic heterocycles. The van der Waals surface area contributed by atoms with Crippen LogP contribution in [0.15, 0.2) is 12.1 Å². The second-order valence-electron chi connectivity index (χ2n) is 4.67. The van der Waals surface area contributed by atoms with Crippen LogP contribution in [0.3, 0.4) is 0 Å². The van der Waals surface area contributed by atoms with Crippen LogP contribution in [-0.4, -0.2) is 11.9 Å². The van der Waals surface area contributed by atoms with Crippen LogP contribution in [0.25, 0.3) is 0 Å². The van der Waals surface area contributed by atoms with Crippen molar-refractivity contribution in [2.24, 2.45) is 0 Å². The number of fused-ring (bicyclic) bond motifs is 1. The summed E-state index contributed by atoms with van der Waals surface area (Å²) >= 11 is 0. The number of hydrogen-bond donors (Lipinski definition) is 1. The molecule has 0 atom stereocenters. The highest BCUT2D eigenvalue weighted by molar-refractivity contribution is 5.52. The molecule has 1 N–H and O–H groups in total. The quantitative estimate of drug-likeness (QED) is 0.866. The van der Waals surface area contributed by atoms with Crippen molar-refractivity contribution >= 4 is 0 Å². The fraction of sp³-hybridized carbons (Fsp3) is 0.500. The second kappa shape index (κ2) is 3.10. The first-order chi connectivity index (χ1) is 7.90. The van der Waals surface area contributed by atoms with Crippen LogP contribution in [0.1, 0.15) is 30.9 Å². The van der Waals surface area contributed by atoms with E-state index in [1.54, 1.807) is 0 Å². The molecule has 1 aromatic carbocycles. The minimum Gasteiger partial charge on any atom is -0.454 e. The lowest BCUT2D eigenvalue weighted by Gasteiger charge is -2.19. The average molecular weight is 242 g/mol. The average Bonchev–Trinajstić information content (AvgIpc) is 2.83. The SMILES string of the molecule is CC(F)(F)c1cc2c(cc1C1(O)CC1)OCO2. The molecule has 92 valence electrons. The Labute approximate surface area is 97.0 Å². The van der Waals surface area contributed by atoms with Crippen molar-refractivity contribution in [2.75, 3.05) is 6.79 Å². The number of alkyl halides is 2. The molecular weight excluding hydrogens is 230 g/mol. The minimum absolute atomic E-state index is 0.0337. The van der Waals surface area contributed by atoms with Crippen molar-refractivity contribution < 1.29 is 23.4 Å². The molecule has 0 unspecified atom stereocenters. The number of benzene rings is 1. The predicted molar refractivity (Wildman–Crippen MR) is 55.3 cm³/mol. The van der Waals surface area contributed by atoms with E-state index < -0.39 is 11.5 Å². The Balaban J connectivity index is 2.18. The molecule has 1 aliphatic heterocycles. The van der Waals surface area contributed by atoms with Crippen molar-refractivity contribution in [2.45, 2.75) is 31.3 Å². The molecule has 0 amide bonds. The van der Waals surface area contributed by atoms with E-state index in [1.165, 1.54) is 12.1 Å². The number of aliphatic hydroxyl groups is 1. The standard InChI is InChI=1S/C12H12F2O3/c1-11(13,14)7-4-9-10(17-6-16-9)5-8(7)12(15)2-3-12/h4-5,15H,2-3,6H2,1H3. The fourth-order valence-corrected chi connectivity index (χ4v) is 2.08. The largest absolute Gasteiger partial charge is 0.454 e. The van der Waals surface area contributed by atoms with Gasteiger partial charge in [0, 0.05) is 12.5 Å². The third kappa shape index (κ3) is 1.65. The molecule has 0 radical (unpaired) electrons. The summed E-state index contributed by atoms with van der Waals surface area (Å²) in [5.74, 6) is -2.27. The third-order valence-electron chi connectivity index (χ3n) is 3.21. The Morgan fingerprint density at radius 3 is 2.35 bits per heavy atom. The predicted octanol–water partition coefficient (Wildman–Crippen LogP) is 2.51. The monoisotopic (exact) mass is 242 g/mol. The van der Waals surface area contributed by atoms with Crippen LogP contribution in [0.4, 0.5) is 8.78 Å². The molecule has 0 bridgehead atoms. The Morgan fingerprint density at radius 1 is 1.24 bits per heavy atom. The zero-order chi connectivity index (χ0) is 12.3. The maximum absolute atomic E-state index is 13.5. The van der Waals surface area contributed by atoms with E-state index in [1.807, 2.05) is 0 Å². The molecule has 0 saturated heterocycles. The highest BCUT2D eigenvalue weighted by Gasteiger charge is 2.47. The highest BCUT2D eigenvalue weighted by atomic mass is 19.3. The van der Waals surface area contributed by atoms with Crippen LogP contribution >= 0.6 is 0 Å². The number of rotatable bonds is 2. The number of halogens is 2. The third-order valence-corrected chi connectivity index (χ3v) is 3.21. The smallest absolute Gasteiger partial charge is 0.271 e.